The van der Waals surface area contributed by atoms with E-state index >= 15 is 0 Å². The average Bonchev–Trinajstić information content (AvgIpc) is 2.99. The van der Waals surface area contributed by atoms with E-state index in [9.17, 15) is 9.59 Å². The number of rotatable bonds is 2. The maximum atomic E-state index is 13.3. The Hall–Kier alpha value is -2.76. The second kappa shape index (κ2) is 5.90. The predicted octanol–water partition coefficient (Wildman–Crippen LogP) is 2.50. The Balaban J connectivity index is 1.81. The van der Waals surface area contributed by atoms with E-state index in [0.29, 0.717) is 41.8 Å². The Morgan fingerprint density at radius 2 is 1.58 bits per heavy atom. The fraction of sp³-hybridized carbons (Fsp3) is 0.238. The molecule has 0 N–H and O–H groups in total. The standard InChI is InChI=1S/C21H18N2O3/c24-20-16-7-3-4-8-18(16)23-19(14-5-1-2-6-15(14)21(23)25)17(20)13-22-9-11-26-12-10-22/h1-8H,9-13H2. The van der Waals surface area contributed by atoms with Crippen molar-refractivity contribution in [2.75, 3.05) is 26.3 Å². The highest BCUT2D eigenvalue weighted by Gasteiger charge is 2.31. The molecule has 1 saturated heterocycles. The molecule has 1 fully saturated rings. The zero-order valence-corrected chi connectivity index (χ0v) is 14.3. The fourth-order valence-corrected chi connectivity index (χ4v) is 4.01. The molecule has 5 heteroatoms. The van der Waals surface area contributed by atoms with Crippen molar-refractivity contribution >= 4 is 16.8 Å². The number of pyridine rings is 1. The molecule has 0 unspecified atom stereocenters. The number of benzene rings is 2. The Bertz CT molecular complexity index is 1090. The second-order valence-corrected chi connectivity index (χ2v) is 6.75. The third-order valence-corrected chi connectivity index (χ3v) is 5.27. The van der Waals surface area contributed by atoms with Gasteiger partial charge >= 0.3 is 0 Å². The van der Waals surface area contributed by atoms with Crippen molar-refractivity contribution in [1.82, 2.24) is 9.47 Å². The number of hydrogen-bond acceptors (Lipinski definition) is 4. The summed E-state index contributed by atoms with van der Waals surface area (Å²) in [6.45, 7) is 3.46. The molecule has 0 aliphatic carbocycles. The summed E-state index contributed by atoms with van der Waals surface area (Å²) in [4.78, 5) is 28.6. The van der Waals surface area contributed by atoms with Crippen molar-refractivity contribution in [1.29, 1.82) is 0 Å². The summed E-state index contributed by atoms with van der Waals surface area (Å²) in [7, 11) is 0. The van der Waals surface area contributed by atoms with Crippen molar-refractivity contribution in [2.45, 2.75) is 6.54 Å². The smallest absolute Gasteiger partial charge is 0.263 e. The van der Waals surface area contributed by atoms with Gasteiger partial charge in [0, 0.05) is 41.7 Å². The molecule has 2 aliphatic rings. The molecule has 0 radical (unpaired) electrons. The summed E-state index contributed by atoms with van der Waals surface area (Å²) >= 11 is 0. The van der Waals surface area contributed by atoms with Crippen LogP contribution in [0.1, 0.15) is 15.9 Å². The summed E-state index contributed by atoms with van der Waals surface area (Å²) < 4.78 is 7.14. The summed E-state index contributed by atoms with van der Waals surface area (Å²) in [5.41, 5.74) is 3.65. The highest BCUT2D eigenvalue weighted by atomic mass is 16.5. The third-order valence-electron chi connectivity index (χ3n) is 5.27. The van der Waals surface area contributed by atoms with Crippen LogP contribution in [0.2, 0.25) is 0 Å². The number of ether oxygens (including phenoxy) is 1. The molecule has 3 aromatic rings. The van der Waals surface area contributed by atoms with Gasteiger partial charge in [-0.1, -0.05) is 30.3 Å². The molecule has 1 aromatic heterocycles. The average molecular weight is 346 g/mol. The largest absolute Gasteiger partial charge is 0.379 e. The SMILES string of the molecule is O=C1c2ccccc2-c2c(CN3CCOCC3)c(=O)c3ccccc3n21. The van der Waals surface area contributed by atoms with E-state index in [0.717, 1.165) is 24.3 Å². The Morgan fingerprint density at radius 1 is 0.885 bits per heavy atom. The van der Waals surface area contributed by atoms with Gasteiger partial charge in [0.1, 0.15) is 0 Å². The Labute approximate surface area is 150 Å². The highest BCUT2D eigenvalue weighted by molar-refractivity contribution is 6.13. The van der Waals surface area contributed by atoms with Gasteiger partial charge in [-0.2, -0.15) is 0 Å². The molecule has 5 rings (SSSR count). The first-order chi connectivity index (χ1) is 12.8. The van der Waals surface area contributed by atoms with Crippen molar-refractivity contribution in [2.24, 2.45) is 0 Å². The Morgan fingerprint density at radius 3 is 2.38 bits per heavy atom. The maximum Gasteiger partial charge on any atom is 0.263 e. The van der Waals surface area contributed by atoms with Crippen LogP contribution in [-0.2, 0) is 11.3 Å². The zero-order chi connectivity index (χ0) is 17.7. The van der Waals surface area contributed by atoms with Gasteiger partial charge in [0.05, 0.1) is 24.4 Å². The summed E-state index contributed by atoms with van der Waals surface area (Å²) in [6.07, 6.45) is 0. The molecule has 2 aromatic carbocycles. The van der Waals surface area contributed by atoms with E-state index in [-0.39, 0.29) is 11.3 Å². The van der Waals surface area contributed by atoms with Gasteiger partial charge in [-0.25, -0.2) is 0 Å². The summed E-state index contributed by atoms with van der Waals surface area (Å²) in [5, 5.41) is 0.598. The maximum absolute atomic E-state index is 13.3. The van der Waals surface area contributed by atoms with Crippen molar-refractivity contribution in [3.05, 3.63) is 69.9 Å². The van der Waals surface area contributed by atoms with Crippen LogP contribution >= 0.6 is 0 Å². The van der Waals surface area contributed by atoms with Crippen LogP contribution in [-0.4, -0.2) is 41.7 Å². The van der Waals surface area contributed by atoms with Crippen LogP contribution in [0, 0.1) is 0 Å². The van der Waals surface area contributed by atoms with E-state index in [1.165, 1.54) is 0 Å². The van der Waals surface area contributed by atoms with Crippen LogP contribution in [0.5, 0.6) is 0 Å². The predicted molar refractivity (Wildman–Crippen MR) is 99.5 cm³/mol. The van der Waals surface area contributed by atoms with E-state index in [2.05, 4.69) is 4.90 Å². The molecule has 0 bridgehead atoms. The quantitative estimate of drug-likeness (QED) is 0.560. The minimum Gasteiger partial charge on any atom is -0.379 e. The lowest BCUT2D eigenvalue weighted by atomic mass is 10.0. The van der Waals surface area contributed by atoms with Gasteiger partial charge in [0.15, 0.2) is 5.43 Å². The normalized spacial score (nSPS) is 16.7. The number of hydrogen-bond donors (Lipinski definition) is 0. The number of nitrogens with zero attached hydrogens (tertiary/aromatic N) is 2. The van der Waals surface area contributed by atoms with Crippen molar-refractivity contribution in [3.8, 4) is 11.3 Å². The molecular formula is C21H18N2O3. The van der Waals surface area contributed by atoms with Gasteiger partial charge in [0.25, 0.3) is 5.91 Å². The number of fused-ring (bicyclic) bond motifs is 5. The van der Waals surface area contributed by atoms with Crippen LogP contribution < -0.4 is 5.43 Å². The molecular weight excluding hydrogens is 328 g/mol. The molecule has 2 aliphatic heterocycles. The van der Waals surface area contributed by atoms with Crippen LogP contribution in [0.4, 0.5) is 0 Å². The summed E-state index contributed by atoms with van der Waals surface area (Å²) in [5.74, 6) is -0.0602. The van der Waals surface area contributed by atoms with E-state index in [1.807, 2.05) is 48.5 Å². The summed E-state index contributed by atoms with van der Waals surface area (Å²) in [6, 6.07) is 14.9. The van der Waals surface area contributed by atoms with Gasteiger partial charge in [0.2, 0.25) is 0 Å². The monoisotopic (exact) mass is 346 g/mol. The molecule has 3 heterocycles. The van der Waals surface area contributed by atoms with Gasteiger partial charge < -0.3 is 4.74 Å². The van der Waals surface area contributed by atoms with Gasteiger partial charge in [-0.05, 0) is 18.2 Å². The molecule has 0 saturated carbocycles. The second-order valence-electron chi connectivity index (χ2n) is 6.75. The number of para-hydroxylation sites is 1. The van der Waals surface area contributed by atoms with E-state index in [1.54, 1.807) is 4.57 Å². The minimum absolute atomic E-state index is 0.0165. The lowest BCUT2D eigenvalue weighted by Gasteiger charge is -2.27. The molecule has 0 atom stereocenters. The third kappa shape index (κ3) is 2.18. The Kier molecular flexibility index (Phi) is 3.51. The topological polar surface area (TPSA) is 51.5 Å². The number of aromatic nitrogens is 1. The number of carbonyl (C=O) groups excluding carboxylic acids is 1. The molecule has 26 heavy (non-hydrogen) atoms. The first-order valence-electron chi connectivity index (χ1n) is 8.86. The van der Waals surface area contributed by atoms with Gasteiger partial charge in [-0.3, -0.25) is 19.1 Å². The van der Waals surface area contributed by atoms with Gasteiger partial charge in [-0.15, -0.1) is 0 Å². The number of carbonyl (C=O) groups is 1. The molecule has 5 nitrogen and oxygen atoms in total. The molecule has 0 spiro atoms. The number of morpholine rings is 1. The van der Waals surface area contributed by atoms with Crippen molar-refractivity contribution < 1.29 is 9.53 Å². The first kappa shape index (κ1) is 15.5. The first-order valence-corrected chi connectivity index (χ1v) is 8.86. The van der Waals surface area contributed by atoms with Crippen LogP contribution in [0.15, 0.2) is 53.3 Å². The van der Waals surface area contributed by atoms with E-state index < -0.39 is 0 Å². The molecule has 0 amide bonds. The van der Waals surface area contributed by atoms with E-state index in [4.69, 9.17) is 4.74 Å². The molecule has 130 valence electrons. The van der Waals surface area contributed by atoms with Crippen molar-refractivity contribution in [3.63, 3.8) is 0 Å². The van der Waals surface area contributed by atoms with Crippen LogP contribution in [0.25, 0.3) is 22.2 Å². The lowest BCUT2D eigenvalue weighted by Crippen LogP contribution is -2.37. The highest BCUT2D eigenvalue weighted by Crippen LogP contribution is 2.36. The fourth-order valence-electron chi connectivity index (χ4n) is 4.01. The minimum atomic E-state index is -0.0602. The lowest BCUT2D eigenvalue weighted by molar-refractivity contribution is 0.0341. The van der Waals surface area contributed by atoms with Crippen LogP contribution in [0.3, 0.4) is 0 Å². The zero-order valence-electron chi connectivity index (χ0n) is 14.3.